The summed E-state index contributed by atoms with van der Waals surface area (Å²) in [5.74, 6) is 0. The fourth-order valence-corrected chi connectivity index (χ4v) is 4.94. The molecule has 3 aromatic heterocycles. The lowest BCUT2D eigenvalue weighted by molar-refractivity contribution is 0.116. The first kappa shape index (κ1) is 18.5. The highest BCUT2D eigenvalue weighted by atomic mass is 32.1. The summed E-state index contributed by atoms with van der Waals surface area (Å²) >= 11 is 1.62. The summed E-state index contributed by atoms with van der Waals surface area (Å²) in [5.41, 5.74) is 4.49. The maximum absolute atomic E-state index is 10.2. The van der Waals surface area contributed by atoms with Gasteiger partial charge in [-0.15, -0.1) is 0 Å². The molecule has 0 radical (unpaired) electrons. The van der Waals surface area contributed by atoms with Crippen LogP contribution >= 0.6 is 11.3 Å². The number of fused-ring (bicyclic) bond motifs is 2. The minimum atomic E-state index is -0.294. The summed E-state index contributed by atoms with van der Waals surface area (Å²) < 4.78 is 2.91. The number of imidazole rings is 1. The van der Waals surface area contributed by atoms with Gasteiger partial charge in [0, 0.05) is 6.42 Å². The minimum absolute atomic E-state index is 0.0914. The monoisotopic (exact) mass is 409 g/mol. The second-order valence-electron chi connectivity index (χ2n) is 7.60. The van der Waals surface area contributed by atoms with Crippen LogP contribution in [0.5, 0.6) is 0 Å². The molecule has 0 amide bonds. The second-order valence-corrected chi connectivity index (χ2v) is 8.63. The van der Waals surface area contributed by atoms with Crippen LogP contribution in [0.25, 0.3) is 15.9 Å². The molecular formula is C21H23N5O2S. The van der Waals surface area contributed by atoms with Crippen molar-refractivity contribution in [3.8, 4) is 0 Å². The Hall–Kier alpha value is -2.55. The topological polar surface area (TPSA) is 95.6 Å². The summed E-state index contributed by atoms with van der Waals surface area (Å²) in [4.78, 5) is 9.09. The van der Waals surface area contributed by atoms with Crippen molar-refractivity contribution in [1.82, 2.24) is 19.6 Å². The van der Waals surface area contributed by atoms with Gasteiger partial charge in [0.05, 0.1) is 46.6 Å². The van der Waals surface area contributed by atoms with Crippen LogP contribution in [0, 0.1) is 0 Å². The van der Waals surface area contributed by atoms with E-state index in [0.29, 0.717) is 12.1 Å². The van der Waals surface area contributed by atoms with E-state index in [0.717, 1.165) is 57.9 Å². The number of anilines is 1. The van der Waals surface area contributed by atoms with E-state index in [4.69, 9.17) is 4.98 Å². The van der Waals surface area contributed by atoms with Gasteiger partial charge in [-0.1, -0.05) is 30.2 Å². The molecule has 7 nitrogen and oxygen atoms in total. The van der Waals surface area contributed by atoms with Gasteiger partial charge in [-0.25, -0.2) is 14.5 Å². The van der Waals surface area contributed by atoms with Crippen LogP contribution in [0.3, 0.4) is 0 Å². The molecule has 0 unspecified atom stereocenters. The Balaban J connectivity index is 1.39. The molecular weight excluding hydrogens is 386 g/mol. The zero-order valence-electron chi connectivity index (χ0n) is 16.0. The van der Waals surface area contributed by atoms with Crippen molar-refractivity contribution in [3.63, 3.8) is 0 Å². The summed E-state index contributed by atoms with van der Waals surface area (Å²) in [6.45, 7) is -0.0914. The average molecular weight is 410 g/mol. The first-order valence-electron chi connectivity index (χ1n) is 9.97. The normalized spacial score (nSPS) is 19.8. The molecule has 0 saturated heterocycles. The van der Waals surface area contributed by atoms with E-state index >= 15 is 0 Å². The van der Waals surface area contributed by atoms with Crippen molar-refractivity contribution < 1.29 is 10.2 Å². The molecule has 4 aromatic rings. The fourth-order valence-electron chi connectivity index (χ4n) is 3.95. The molecule has 1 aliphatic carbocycles. The molecule has 1 aromatic carbocycles. The Kier molecular flexibility index (Phi) is 4.91. The van der Waals surface area contributed by atoms with Crippen molar-refractivity contribution >= 4 is 32.3 Å². The number of aromatic nitrogens is 4. The molecule has 1 fully saturated rings. The lowest BCUT2D eigenvalue weighted by Crippen LogP contribution is -2.36. The van der Waals surface area contributed by atoms with Gasteiger partial charge in [0.2, 0.25) is 0 Å². The predicted molar refractivity (Wildman–Crippen MR) is 113 cm³/mol. The summed E-state index contributed by atoms with van der Waals surface area (Å²) in [5, 5.41) is 28.3. The molecule has 0 spiro atoms. The predicted octanol–water partition coefficient (Wildman–Crippen LogP) is 3.14. The number of benzene rings is 1. The third-order valence-corrected chi connectivity index (χ3v) is 6.48. The number of hydrogen-bond acceptors (Lipinski definition) is 7. The number of nitrogens with zero attached hydrogens (tertiary/aromatic N) is 4. The van der Waals surface area contributed by atoms with Crippen LogP contribution in [-0.2, 0) is 13.0 Å². The van der Waals surface area contributed by atoms with Gasteiger partial charge in [0.1, 0.15) is 0 Å². The Bertz CT molecular complexity index is 1150. The van der Waals surface area contributed by atoms with Crippen LogP contribution in [0.2, 0.25) is 0 Å². The molecule has 3 N–H and O–H groups in total. The van der Waals surface area contributed by atoms with Crippen LogP contribution < -0.4 is 5.32 Å². The van der Waals surface area contributed by atoms with Crippen molar-refractivity contribution in [2.24, 2.45) is 0 Å². The smallest absolute Gasteiger partial charge is 0.184 e. The zero-order chi connectivity index (χ0) is 19.8. The average Bonchev–Trinajstić information content (AvgIpc) is 3.32. The van der Waals surface area contributed by atoms with Gasteiger partial charge in [0.25, 0.3) is 0 Å². The highest BCUT2D eigenvalue weighted by Gasteiger charge is 2.23. The third-order valence-electron chi connectivity index (χ3n) is 5.53. The Morgan fingerprint density at radius 2 is 2.07 bits per heavy atom. The number of thiazole rings is 1. The lowest BCUT2D eigenvalue weighted by Gasteiger charge is -2.27. The molecule has 1 saturated carbocycles. The molecule has 150 valence electrons. The van der Waals surface area contributed by atoms with E-state index in [2.05, 4.69) is 27.5 Å². The van der Waals surface area contributed by atoms with Gasteiger partial charge in [-0.2, -0.15) is 5.10 Å². The summed E-state index contributed by atoms with van der Waals surface area (Å²) in [7, 11) is 0. The van der Waals surface area contributed by atoms with Crippen molar-refractivity contribution in [3.05, 3.63) is 53.5 Å². The van der Waals surface area contributed by atoms with E-state index in [9.17, 15) is 10.2 Å². The van der Waals surface area contributed by atoms with Gasteiger partial charge in [-0.05, 0) is 42.7 Å². The van der Waals surface area contributed by atoms with Crippen LogP contribution in [-0.4, -0.2) is 41.9 Å². The second kappa shape index (κ2) is 7.70. The summed E-state index contributed by atoms with van der Waals surface area (Å²) in [6.07, 6.45) is 6.32. The molecule has 0 aliphatic heterocycles. The third kappa shape index (κ3) is 3.71. The number of nitrogens with one attached hydrogen (secondary N) is 1. The maximum atomic E-state index is 10.2. The van der Waals surface area contributed by atoms with Crippen molar-refractivity contribution in [2.75, 3.05) is 5.32 Å². The van der Waals surface area contributed by atoms with E-state index in [1.807, 2.05) is 18.3 Å². The standard InChI is InChI=1S/C21H23N5O2S/c27-12-14-6-8-20-22-11-15(26(20)25-14)9-13-5-7-17-19(10-13)29-21(24-17)23-16-3-1-2-4-18(16)28/h5-8,10-11,16,18,27-28H,1-4,9,12H2,(H,23,24)/t16-,18-/m1/s1. The fraction of sp³-hybridized carbons (Fsp3) is 0.381. The van der Waals surface area contributed by atoms with Crippen molar-refractivity contribution in [2.45, 2.75) is 50.9 Å². The molecule has 5 rings (SSSR count). The highest BCUT2D eigenvalue weighted by molar-refractivity contribution is 7.22. The molecule has 29 heavy (non-hydrogen) atoms. The SMILES string of the molecule is OCc1ccc2ncc(Cc3ccc4nc(N[C@@H]5CCCC[C@H]5O)sc4c3)n2n1. The van der Waals surface area contributed by atoms with Crippen LogP contribution in [0.1, 0.15) is 42.6 Å². The quantitative estimate of drug-likeness (QED) is 0.469. The van der Waals surface area contributed by atoms with Gasteiger partial charge < -0.3 is 15.5 Å². The van der Waals surface area contributed by atoms with Gasteiger partial charge in [-0.3, -0.25) is 0 Å². The molecule has 0 bridgehead atoms. The summed E-state index contributed by atoms with van der Waals surface area (Å²) in [6, 6.07) is 10.0. The Morgan fingerprint density at radius 3 is 2.93 bits per heavy atom. The molecule has 8 heteroatoms. The van der Waals surface area contributed by atoms with E-state index < -0.39 is 0 Å². The number of aliphatic hydroxyl groups is 2. The largest absolute Gasteiger partial charge is 0.391 e. The molecule has 1 aliphatic rings. The first-order chi connectivity index (χ1) is 14.2. The van der Waals surface area contributed by atoms with E-state index in [1.54, 1.807) is 21.9 Å². The zero-order valence-corrected chi connectivity index (χ0v) is 16.8. The van der Waals surface area contributed by atoms with Crippen LogP contribution in [0.4, 0.5) is 5.13 Å². The van der Waals surface area contributed by atoms with Gasteiger partial charge in [0.15, 0.2) is 10.8 Å². The van der Waals surface area contributed by atoms with Crippen molar-refractivity contribution in [1.29, 1.82) is 0 Å². The highest BCUT2D eigenvalue weighted by Crippen LogP contribution is 2.30. The Labute approximate surface area is 172 Å². The number of hydrogen-bond donors (Lipinski definition) is 3. The van der Waals surface area contributed by atoms with Gasteiger partial charge >= 0.3 is 0 Å². The Morgan fingerprint density at radius 1 is 1.17 bits per heavy atom. The number of rotatable bonds is 5. The van der Waals surface area contributed by atoms with E-state index in [1.165, 1.54) is 0 Å². The lowest BCUT2D eigenvalue weighted by atomic mass is 9.93. The molecule has 2 atom stereocenters. The first-order valence-corrected chi connectivity index (χ1v) is 10.8. The maximum Gasteiger partial charge on any atom is 0.184 e. The minimum Gasteiger partial charge on any atom is -0.391 e. The molecule has 3 heterocycles. The van der Waals surface area contributed by atoms with E-state index in [-0.39, 0.29) is 18.8 Å². The van der Waals surface area contributed by atoms with Crippen LogP contribution in [0.15, 0.2) is 36.5 Å². The number of aliphatic hydroxyl groups excluding tert-OH is 2.